The number of ether oxygens (including phenoxy) is 1. The number of hydrogen-bond acceptors (Lipinski definition) is 10. The zero-order chi connectivity index (χ0) is 51.6. The van der Waals surface area contributed by atoms with Crippen molar-refractivity contribution in [1.82, 2.24) is 14.0 Å². The van der Waals surface area contributed by atoms with Crippen molar-refractivity contribution >= 4 is 62.2 Å². The van der Waals surface area contributed by atoms with Gasteiger partial charge in [-0.2, -0.15) is 26.3 Å². The van der Waals surface area contributed by atoms with Gasteiger partial charge in [-0.1, -0.05) is 24.0 Å². The number of anilines is 4. The highest BCUT2D eigenvalue weighted by atomic mass is 32.2. The number of aromatic nitrogens is 2. The highest BCUT2D eigenvalue weighted by Gasteiger charge is 2.31. The maximum Gasteiger partial charge on any atom is 0.406 e. The number of benzene rings is 4. The number of carbonyl (C=O) groups is 1. The maximum atomic E-state index is 13.5. The van der Waals surface area contributed by atoms with Crippen molar-refractivity contribution in [3.63, 3.8) is 0 Å². The normalized spacial score (nSPS) is 16.2. The molecule has 2 fully saturated rings. The van der Waals surface area contributed by atoms with E-state index in [0.717, 1.165) is 64.7 Å². The summed E-state index contributed by atoms with van der Waals surface area (Å²) in [6.45, 7) is -0.739. The number of amides is 1. The van der Waals surface area contributed by atoms with E-state index in [9.17, 15) is 41.4 Å². The molecule has 3 heterocycles. The molecule has 1 saturated carbocycles. The van der Waals surface area contributed by atoms with Crippen LogP contribution in [0.4, 0.5) is 49.1 Å². The van der Waals surface area contributed by atoms with Crippen LogP contribution in [-0.4, -0.2) is 107 Å². The highest BCUT2D eigenvalue weighted by molar-refractivity contribution is 7.98. The number of phenols is 2. The molecule has 2 aromatic heterocycles. The fourth-order valence-electron chi connectivity index (χ4n) is 8.92. The van der Waals surface area contributed by atoms with Gasteiger partial charge < -0.3 is 56.0 Å². The van der Waals surface area contributed by atoms with Crippen LogP contribution in [0.5, 0.6) is 11.5 Å². The van der Waals surface area contributed by atoms with E-state index in [1.54, 1.807) is 48.5 Å². The molecule has 4 aromatic carbocycles. The molecule has 12 nitrogen and oxygen atoms in total. The second kappa shape index (κ2) is 23.6. The quantitative estimate of drug-likeness (QED) is 0.0258. The fraction of sp³-hybridized carbons (Fsp3) is 0.377. The van der Waals surface area contributed by atoms with Crippen molar-refractivity contribution in [3.05, 3.63) is 102 Å². The van der Waals surface area contributed by atoms with E-state index in [1.807, 2.05) is 24.5 Å². The van der Waals surface area contributed by atoms with Gasteiger partial charge in [0.25, 0.3) is 0 Å². The second-order valence-corrected chi connectivity index (χ2v) is 18.8. The van der Waals surface area contributed by atoms with Gasteiger partial charge in [-0.05, 0) is 144 Å². The van der Waals surface area contributed by atoms with Crippen LogP contribution in [-0.2, 0) is 17.8 Å². The Morgan fingerprint density at radius 3 is 1.62 bits per heavy atom. The van der Waals surface area contributed by atoms with E-state index in [0.29, 0.717) is 52.7 Å². The molecule has 2 aliphatic rings. The molecule has 1 aliphatic carbocycles. The lowest BCUT2D eigenvalue weighted by Gasteiger charge is -2.33. The van der Waals surface area contributed by atoms with E-state index in [1.165, 1.54) is 34.5 Å². The minimum atomic E-state index is -4.42. The van der Waals surface area contributed by atoms with Gasteiger partial charge in [0.15, 0.2) is 0 Å². The zero-order valence-corrected chi connectivity index (χ0v) is 40.9. The second-order valence-electron chi connectivity index (χ2n) is 17.9. The van der Waals surface area contributed by atoms with Gasteiger partial charge in [0.05, 0.1) is 46.9 Å². The van der Waals surface area contributed by atoms with Crippen LogP contribution in [0.15, 0.2) is 89.8 Å². The molecular formula is C53H58F6N8O4S. The molecule has 6 aromatic rings. The van der Waals surface area contributed by atoms with Crippen LogP contribution in [0.1, 0.15) is 60.3 Å². The van der Waals surface area contributed by atoms with Crippen LogP contribution in [0.2, 0.25) is 0 Å². The molecular weight excluding hydrogens is 959 g/mol. The first-order valence-corrected chi connectivity index (χ1v) is 24.7. The average Bonchev–Trinajstić information content (AvgIpc) is 3.86. The third-order valence-corrected chi connectivity index (χ3v) is 13.3. The smallest absolute Gasteiger partial charge is 0.406 e. The van der Waals surface area contributed by atoms with Crippen LogP contribution in [0.25, 0.3) is 21.8 Å². The van der Waals surface area contributed by atoms with E-state index >= 15 is 0 Å². The summed E-state index contributed by atoms with van der Waals surface area (Å²) in [6, 6.07) is 24.6. The lowest BCUT2D eigenvalue weighted by Crippen LogP contribution is -2.36. The highest BCUT2D eigenvalue weighted by Crippen LogP contribution is 2.35. The van der Waals surface area contributed by atoms with E-state index < -0.39 is 31.3 Å². The first kappa shape index (κ1) is 53.0. The van der Waals surface area contributed by atoms with Gasteiger partial charge in [-0.3, -0.25) is 4.79 Å². The number of thioether (sulfide) groups is 1. The van der Waals surface area contributed by atoms with Crippen molar-refractivity contribution in [1.29, 1.82) is 0 Å². The van der Waals surface area contributed by atoms with Gasteiger partial charge in [0, 0.05) is 63.9 Å². The molecule has 1 aliphatic heterocycles. The molecule has 72 heavy (non-hydrogen) atoms. The Morgan fingerprint density at radius 2 is 1.18 bits per heavy atom. The monoisotopic (exact) mass is 1020 g/mol. The van der Waals surface area contributed by atoms with Crippen molar-refractivity contribution < 1.29 is 46.1 Å². The number of primary amides is 1. The van der Waals surface area contributed by atoms with Crippen LogP contribution >= 0.6 is 11.8 Å². The number of fused-ring (bicyclic) bond motifs is 2. The molecule has 19 heteroatoms. The summed E-state index contributed by atoms with van der Waals surface area (Å²) in [5, 5.41) is 34.5. The predicted molar refractivity (Wildman–Crippen MR) is 274 cm³/mol. The zero-order valence-electron chi connectivity index (χ0n) is 40.1. The number of phenolic OH excluding ortho intramolecular Hbond substituents is 2. The minimum absolute atomic E-state index is 0.0597. The molecule has 8 N–H and O–H groups in total. The Balaban J connectivity index is 0.000000212. The number of nitrogens with zero attached hydrogens (tertiary/aromatic N) is 3. The van der Waals surface area contributed by atoms with Gasteiger partial charge in [0.2, 0.25) is 5.91 Å². The molecule has 0 spiro atoms. The van der Waals surface area contributed by atoms with Gasteiger partial charge in [-0.15, -0.1) is 11.8 Å². The van der Waals surface area contributed by atoms with Crippen molar-refractivity contribution in [2.75, 3.05) is 67.9 Å². The summed E-state index contributed by atoms with van der Waals surface area (Å²) in [5.74, 6) is 10.7. The third-order valence-electron chi connectivity index (χ3n) is 12.6. The molecule has 8 rings (SSSR count). The van der Waals surface area contributed by atoms with E-state index in [4.69, 9.17) is 10.5 Å². The number of hydrogen-bond donors (Lipinski definition) is 7. The fourth-order valence-corrected chi connectivity index (χ4v) is 9.35. The molecule has 0 bridgehead atoms. The standard InChI is InChI=1S/C28H33F3N4OS.C25H25F3N4O3/c1-34(2)20-11-9-19(10-12-20)33-24-7-4-8-26-23(24)16-21(35(26)18-28(29,30)31)6-5-15-32-25-14-13-22(37-3)17-27(25)36;26-25(27,28)15-32-18(3-2-10-30-21-7-6-16(24(29)34)13-23(21)33)14-19-20(4-1-5-22(19)32)31-17-8-11-35-12-9-17/h4,7-8,13-14,16-17,19-20,32-33,36H,9-12,15,18H2,1-3H3;1,4-7,13-14,17,30-31,33H,8-12,15H2,(H2,29,34). The SMILES string of the molecule is CSc1ccc(NCC#Cc2cc3c(NC4CCC(N(C)C)CC4)cccc3n2CC(F)(F)F)c(O)c1.NC(=O)c1ccc(NCC#Cc2cc3c(NC4CCOCC4)cccc3n2CC(F)(F)F)c(O)c1. The number of alkyl halides is 6. The van der Waals surface area contributed by atoms with Crippen LogP contribution < -0.4 is 27.0 Å². The summed E-state index contributed by atoms with van der Waals surface area (Å²) in [4.78, 5) is 14.4. The number of aromatic hydroxyl groups is 2. The van der Waals surface area contributed by atoms with Gasteiger partial charge >= 0.3 is 12.4 Å². The van der Waals surface area contributed by atoms with Gasteiger partial charge in [0.1, 0.15) is 24.6 Å². The number of nitrogens with two attached hydrogens (primary N) is 1. The Hall–Kier alpha value is -6.80. The number of carbonyl (C=O) groups excluding carboxylic acids is 1. The lowest BCUT2D eigenvalue weighted by atomic mass is 9.90. The molecule has 0 atom stereocenters. The largest absolute Gasteiger partial charge is 0.506 e. The first-order chi connectivity index (χ1) is 34.4. The lowest BCUT2D eigenvalue weighted by molar-refractivity contribution is -0.140. The Morgan fingerprint density at radius 1 is 0.694 bits per heavy atom. The van der Waals surface area contributed by atoms with Crippen LogP contribution in [0, 0.1) is 23.7 Å². The molecule has 0 radical (unpaired) electrons. The number of halogens is 6. The summed E-state index contributed by atoms with van der Waals surface area (Å²) in [7, 11) is 4.20. The Labute approximate surface area is 418 Å². The van der Waals surface area contributed by atoms with E-state index in [2.05, 4.69) is 63.9 Å². The molecule has 382 valence electrons. The number of rotatable bonds is 13. The maximum absolute atomic E-state index is 13.5. The predicted octanol–water partition coefficient (Wildman–Crippen LogP) is 10.4. The van der Waals surface area contributed by atoms with Crippen molar-refractivity contribution in [3.8, 4) is 35.2 Å². The van der Waals surface area contributed by atoms with Crippen LogP contribution in [0.3, 0.4) is 0 Å². The minimum Gasteiger partial charge on any atom is -0.506 e. The average molecular weight is 1020 g/mol. The summed E-state index contributed by atoms with van der Waals surface area (Å²) in [5.41, 5.74) is 9.27. The Kier molecular flexibility index (Phi) is 17.4. The topological polar surface area (TPSA) is 154 Å². The summed E-state index contributed by atoms with van der Waals surface area (Å²) in [6.07, 6.45) is -1.00. The Bertz CT molecular complexity index is 2970. The van der Waals surface area contributed by atoms with Crippen molar-refractivity contribution in [2.24, 2.45) is 5.73 Å². The first-order valence-electron chi connectivity index (χ1n) is 23.5. The third kappa shape index (κ3) is 14.2. The van der Waals surface area contributed by atoms with E-state index in [-0.39, 0.29) is 47.9 Å². The molecule has 1 saturated heterocycles. The number of nitrogens with one attached hydrogen (secondary N) is 4. The van der Waals surface area contributed by atoms with Crippen molar-refractivity contribution in [2.45, 2.75) is 87.0 Å². The van der Waals surface area contributed by atoms with Gasteiger partial charge in [-0.25, -0.2) is 0 Å². The summed E-state index contributed by atoms with van der Waals surface area (Å²) >= 11 is 1.52. The molecule has 1 amide bonds. The molecule has 0 unspecified atom stereocenters. The summed E-state index contributed by atoms with van der Waals surface area (Å²) < 4.78 is 88.4.